The van der Waals surface area contributed by atoms with Gasteiger partial charge in [-0.1, -0.05) is 48.6 Å². The third kappa shape index (κ3) is 3.96. The Balaban J connectivity index is 1.47. The number of pyridine rings is 1. The molecule has 1 unspecified atom stereocenters. The molecule has 1 aromatic carbocycles. The van der Waals surface area contributed by atoms with Gasteiger partial charge in [0.25, 0.3) is 0 Å². The van der Waals surface area contributed by atoms with Crippen molar-refractivity contribution in [2.24, 2.45) is 10.4 Å². The standard InChI is InChI=1S/C25H21FIN3OS/c1-24(2)11-21-25(27,22(31)12-24)6-5-19(30-21)23-29-14-20(32-23)17-8-16(9-18(26)10-17)15-4-3-7-28-13-15/h3-10,13-14,21H,11-12H2,1-2H3/t21?,25-/m1/s1. The molecule has 0 saturated heterocycles. The molecule has 1 saturated carbocycles. The third-order valence-corrected chi connectivity index (χ3v) is 8.73. The summed E-state index contributed by atoms with van der Waals surface area (Å²) in [7, 11) is 0. The maximum absolute atomic E-state index is 14.4. The number of carbonyl (C=O) groups excluding carboxylic acids is 1. The van der Waals surface area contributed by atoms with Gasteiger partial charge < -0.3 is 0 Å². The molecule has 3 aromatic rings. The Kier molecular flexibility index (Phi) is 5.36. The summed E-state index contributed by atoms with van der Waals surface area (Å²) in [6.45, 7) is 4.25. The second kappa shape index (κ2) is 7.95. The second-order valence-corrected chi connectivity index (χ2v) is 11.9. The summed E-state index contributed by atoms with van der Waals surface area (Å²) < 4.78 is 13.8. The molecule has 162 valence electrons. The number of hydrogen-bond donors (Lipinski definition) is 0. The normalized spacial score (nSPS) is 24.2. The average molecular weight is 557 g/mol. The molecule has 0 spiro atoms. The second-order valence-electron chi connectivity index (χ2n) is 9.10. The molecule has 1 fully saturated rings. The van der Waals surface area contributed by atoms with E-state index >= 15 is 0 Å². The molecule has 2 aromatic heterocycles. The highest BCUT2D eigenvalue weighted by Gasteiger charge is 2.50. The van der Waals surface area contributed by atoms with Crippen molar-refractivity contribution in [1.29, 1.82) is 0 Å². The van der Waals surface area contributed by atoms with Crippen molar-refractivity contribution in [2.75, 3.05) is 0 Å². The molecule has 1 aliphatic carbocycles. The topological polar surface area (TPSA) is 55.2 Å². The van der Waals surface area contributed by atoms with Crippen molar-refractivity contribution in [2.45, 2.75) is 36.2 Å². The van der Waals surface area contributed by atoms with Crippen LogP contribution in [0.4, 0.5) is 4.39 Å². The summed E-state index contributed by atoms with van der Waals surface area (Å²) in [5.74, 6) is -0.0650. The van der Waals surface area contributed by atoms with Crippen LogP contribution in [0.1, 0.15) is 31.7 Å². The third-order valence-electron chi connectivity index (χ3n) is 5.98. The van der Waals surface area contributed by atoms with E-state index in [1.165, 1.54) is 23.5 Å². The highest BCUT2D eigenvalue weighted by Crippen LogP contribution is 2.46. The van der Waals surface area contributed by atoms with Crippen LogP contribution in [0.5, 0.6) is 0 Å². The van der Waals surface area contributed by atoms with E-state index in [0.29, 0.717) is 6.42 Å². The van der Waals surface area contributed by atoms with Gasteiger partial charge in [0.15, 0.2) is 5.78 Å². The van der Waals surface area contributed by atoms with Crippen LogP contribution in [0, 0.1) is 11.2 Å². The van der Waals surface area contributed by atoms with Crippen molar-refractivity contribution >= 4 is 45.4 Å². The number of benzene rings is 1. The molecular weight excluding hydrogens is 536 g/mol. The lowest BCUT2D eigenvalue weighted by Crippen LogP contribution is -2.51. The number of aromatic nitrogens is 2. The largest absolute Gasteiger partial charge is 0.298 e. The van der Waals surface area contributed by atoms with E-state index in [1.54, 1.807) is 18.6 Å². The monoisotopic (exact) mass is 557 g/mol. The van der Waals surface area contributed by atoms with Crippen LogP contribution >= 0.6 is 33.9 Å². The molecule has 0 bridgehead atoms. The number of Topliss-reactive ketones (excluding diaryl/α,β-unsaturated/α-hetero) is 1. The number of halogens is 2. The van der Waals surface area contributed by atoms with Crippen molar-refractivity contribution < 1.29 is 9.18 Å². The van der Waals surface area contributed by atoms with Gasteiger partial charge in [0.05, 0.1) is 16.6 Å². The van der Waals surface area contributed by atoms with E-state index in [1.807, 2.05) is 30.4 Å². The molecule has 4 nitrogen and oxygen atoms in total. The molecule has 3 heterocycles. The Morgan fingerprint density at radius 1 is 1.16 bits per heavy atom. The predicted octanol–water partition coefficient (Wildman–Crippen LogP) is 6.30. The molecule has 0 N–H and O–H groups in total. The predicted molar refractivity (Wildman–Crippen MR) is 135 cm³/mol. The lowest BCUT2D eigenvalue weighted by Gasteiger charge is -2.43. The highest BCUT2D eigenvalue weighted by molar-refractivity contribution is 14.1. The summed E-state index contributed by atoms with van der Waals surface area (Å²) in [6, 6.07) is 8.63. The first-order chi connectivity index (χ1) is 15.2. The van der Waals surface area contributed by atoms with Gasteiger partial charge in [-0.25, -0.2) is 9.37 Å². The van der Waals surface area contributed by atoms with Gasteiger partial charge in [0.1, 0.15) is 14.2 Å². The summed E-state index contributed by atoms with van der Waals surface area (Å²) in [4.78, 5) is 27.3. The van der Waals surface area contributed by atoms with Gasteiger partial charge in [-0.3, -0.25) is 14.8 Å². The lowest BCUT2D eigenvalue weighted by atomic mass is 9.69. The van der Waals surface area contributed by atoms with Crippen molar-refractivity contribution in [1.82, 2.24) is 9.97 Å². The average Bonchev–Trinajstić information content (AvgIpc) is 3.25. The number of thiazole rings is 1. The summed E-state index contributed by atoms with van der Waals surface area (Å²) >= 11 is 3.74. The van der Waals surface area contributed by atoms with Gasteiger partial charge in [-0.2, -0.15) is 0 Å². The van der Waals surface area contributed by atoms with Crippen LogP contribution in [0.15, 0.2) is 66.1 Å². The van der Waals surface area contributed by atoms with E-state index in [2.05, 4.69) is 46.4 Å². The van der Waals surface area contributed by atoms with Crippen LogP contribution in [0.3, 0.4) is 0 Å². The van der Waals surface area contributed by atoms with Crippen molar-refractivity contribution in [3.05, 3.63) is 71.9 Å². The minimum atomic E-state index is -0.571. The van der Waals surface area contributed by atoms with Crippen LogP contribution in [-0.2, 0) is 4.79 Å². The number of hydrogen-bond acceptors (Lipinski definition) is 5. The number of rotatable bonds is 3. The zero-order valence-electron chi connectivity index (χ0n) is 17.7. The maximum Gasteiger partial charge on any atom is 0.155 e. The molecular formula is C25H21FIN3OS. The van der Waals surface area contributed by atoms with Crippen LogP contribution in [-0.4, -0.2) is 30.9 Å². The molecule has 2 atom stereocenters. The van der Waals surface area contributed by atoms with Gasteiger partial charge in [-0.05, 0) is 53.3 Å². The first-order valence-electron chi connectivity index (χ1n) is 10.4. The van der Waals surface area contributed by atoms with Gasteiger partial charge in [-0.15, -0.1) is 11.3 Å². The number of alkyl halides is 1. The Hall–Kier alpha value is -2.26. The van der Waals surface area contributed by atoms with Gasteiger partial charge in [0, 0.05) is 30.6 Å². The van der Waals surface area contributed by atoms with E-state index < -0.39 is 3.42 Å². The van der Waals surface area contributed by atoms with Crippen LogP contribution < -0.4 is 0 Å². The quantitative estimate of drug-likeness (QED) is 0.281. The van der Waals surface area contributed by atoms with Crippen LogP contribution in [0.2, 0.25) is 0 Å². The number of carbonyl (C=O) groups is 1. The lowest BCUT2D eigenvalue weighted by molar-refractivity contribution is -0.124. The minimum Gasteiger partial charge on any atom is -0.298 e. The zero-order valence-corrected chi connectivity index (χ0v) is 20.7. The van der Waals surface area contributed by atoms with Crippen molar-refractivity contribution in [3.63, 3.8) is 0 Å². The number of aliphatic imine (C=N–C) groups is 1. The fraction of sp³-hybridized carbons (Fsp3) is 0.280. The Morgan fingerprint density at radius 3 is 2.75 bits per heavy atom. The van der Waals surface area contributed by atoms with Crippen molar-refractivity contribution in [3.8, 4) is 21.6 Å². The number of fused-ring (bicyclic) bond motifs is 1. The van der Waals surface area contributed by atoms with E-state index in [4.69, 9.17) is 4.99 Å². The maximum atomic E-state index is 14.4. The summed E-state index contributed by atoms with van der Waals surface area (Å²) in [5, 5.41) is 0.776. The molecule has 2 aliphatic rings. The summed E-state index contributed by atoms with van der Waals surface area (Å²) in [6.07, 6.45) is 10.5. The van der Waals surface area contributed by atoms with E-state index in [-0.39, 0.29) is 23.1 Å². The molecule has 32 heavy (non-hydrogen) atoms. The first-order valence-corrected chi connectivity index (χ1v) is 12.3. The number of ketones is 1. The first kappa shape index (κ1) is 21.6. The Bertz CT molecular complexity index is 1270. The Morgan fingerprint density at radius 2 is 1.97 bits per heavy atom. The Labute approximate surface area is 203 Å². The van der Waals surface area contributed by atoms with E-state index in [0.717, 1.165) is 38.7 Å². The number of allylic oxidation sites excluding steroid dienone is 1. The fourth-order valence-electron chi connectivity index (χ4n) is 4.34. The molecule has 0 radical (unpaired) electrons. The molecule has 0 amide bonds. The zero-order chi connectivity index (χ0) is 22.5. The SMILES string of the molecule is CC1(C)CC(=O)[C@@]2(I)C=CC(c3ncc(-c4cc(F)cc(-c5cccnc5)c4)s3)=NC2C1. The summed E-state index contributed by atoms with van der Waals surface area (Å²) in [5.41, 5.74) is 3.13. The van der Waals surface area contributed by atoms with E-state index in [9.17, 15) is 9.18 Å². The van der Waals surface area contributed by atoms with Crippen LogP contribution in [0.25, 0.3) is 21.6 Å². The van der Waals surface area contributed by atoms with Gasteiger partial charge >= 0.3 is 0 Å². The number of nitrogens with zero attached hydrogens (tertiary/aromatic N) is 3. The van der Waals surface area contributed by atoms with Gasteiger partial charge in [0.2, 0.25) is 0 Å². The number of dihydropyridines is 1. The fourth-order valence-corrected chi connectivity index (χ4v) is 5.95. The molecule has 7 heteroatoms. The molecule has 5 rings (SSSR count). The minimum absolute atomic E-state index is 0.0610. The highest BCUT2D eigenvalue weighted by atomic mass is 127. The molecule has 1 aliphatic heterocycles. The smallest absolute Gasteiger partial charge is 0.155 e.